The lowest BCUT2D eigenvalue weighted by Gasteiger charge is -2.09. The van der Waals surface area contributed by atoms with Crippen LogP contribution in [0.1, 0.15) is 23.4 Å². The Balaban J connectivity index is 2.13. The molecule has 0 radical (unpaired) electrons. The van der Waals surface area contributed by atoms with Crippen molar-refractivity contribution in [2.45, 2.75) is 19.9 Å². The lowest BCUT2D eigenvalue weighted by Crippen LogP contribution is -2.17. The highest BCUT2D eigenvalue weighted by molar-refractivity contribution is 6.30. The molecule has 3 aromatic rings. The summed E-state index contributed by atoms with van der Waals surface area (Å²) in [6.45, 7) is 1.69. The van der Waals surface area contributed by atoms with Crippen LogP contribution in [0, 0.1) is 12.7 Å². The van der Waals surface area contributed by atoms with E-state index in [0.29, 0.717) is 16.7 Å². The smallest absolute Gasteiger partial charge is 0.266 e. The molecule has 0 atom stereocenters. The van der Waals surface area contributed by atoms with E-state index in [1.807, 2.05) is 11.6 Å². The Bertz CT molecular complexity index is 1010. The molecular weight excluding hydrogens is 353 g/mol. The molecule has 0 amide bonds. The fourth-order valence-electron chi connectivity index (χ4n) is 2.50. The van der Waals surface area contributed by atoms with E-state index < -0.39 is 17.8 Å². The minimum atomic E-state index is -2.87. The second-order valence-electron chi connectivity index (χ2n) is 5.50. The molecule has 0 aliphatic carbocycles. The van der Waals surface area contributed by atoms with E-state index in [9.17, 15) is 13.2 Å². The summed E-state index contributed by atoms with van der Waals surface area (Å²) in [5.41, 5.74) is 0.571. The number of halogens is 4. The van der Waals surface area contributed by atoms with Gasteiger partial charge >= 0.3 is 0 Å². The van der Waals surface area contributed by atoms with Gasteiger partial charge in [0.05, 0.1) is 23.8 Å². The second kappa shape index (κ2) is 6.84. The van der Waals surface area contributed by atoms with Gasteiger partial charge < -0.3 is 4.57 Å². The first kappa shape index (κ1) is 17.4. The number of fused-ring (bicyclic) bond motifs is 1. The molecule has 130 valence electrons. The minimum absolute atomic E-state index is 0.0822. The van der Waals surface area contributed by atoms with Crippen molar-refractivity contribution in [3.8, 4) is 0 Å². The average molecular weight is 367 g/mol. The Morgan fingerprint density at radius 1 is 1.32 bits per heavy atom. The van der Waals surface area contributed by atoms with Crippen LogP contribution < -0.4 is 5.49 Å². The normalized spacial score (nSPS) is 12.4. The number of hydrogen-bond donors (Lipinski definition) is 0. The summed E-state index contributed by atoms with van der Waals surface area (Å²) < 4.78 is 41.6. The third-order valence-electron chi connectivity index (χ3n) is 3.95. The molecule has 8 heteroatoms. The van der Waals surface area contributed by atoms with Crippen molar-refractivity contribution >= 4 is 22.5 Å². The molecule has 0 aliphatic heterocycles. The number of aromatic nitrogens is 3. The zero-order valence-electron chi connectivity index (χ0n) is 13.5. The molecule has 4 nitrogen and oxygen atoms in total. The number of hydrogen-bond acceptors (Lipinski definition) is 3. The summed E-state index contributed by atoms with van der Waals surface area (Å²) >= 11 is 5.95. The molecule has 3 rings (SSSR count). The van der Waals surface area contributed by atoms with E-state index >= 15 is 0 Å². The Kier molecular flexibility index (Phi) is 4.76. The average Bonchev–Trinajstić information content (AvgIpc) is 2.57. The number of rotatable bonds is 3. The molecule has 0 bridgehead atoms. The van der Waals surface area contributed by atoms with Crippen LogP contribution in [-0.4, -0.2) is 14.5 Å². The van der Waals surface area contributed by atoms with Gasteiger partial charge in [0.1, 0.15) is 16.8 Å². The van der Waals surface area contributed by atoms with Gasteiger partial charge in [-0.3, -0.25) is 4.99 Å². The molecule has 25 heavy (non-hydrogen) atoms. The van der Waals surface area contributed by atoms with Crippen molar-refractivity contribution in [1.29, 1.82) is 0 Å². The predicted octanol–water partition coefficient (Wildman–Crippen LogP) is 4.11. The lowest BCUT2D eigenvalue weighted by molar-refractivity contribution is 0.146. The maximum Gasteiger partial charge on any atom is 0.266 e. The summed E-state index contributed by atoms with van der Waals surface area (Å²) in [7, 11) is 1.83. The molecular formula is C17H14ClF3N4. The fraction of sp³-hybridized carbons (Fsp3) is 0.235. The van der Waals surface area contributed by atoms with E-state index in [4.69, 9.17) is 11.6 Å². The van der Waals surface area contributed by atoms with Crippen LogP contribution in [0.15, 0.2) is 35.5 Å². The lowest BCUT2D eigenvalue weighted by atomic mass is 10.1. The number of benzene rings is 1. The second-order valence-corrected chi connectivity index (χ2v) is 5.89. The highest BCUT2D eigenvalue weighted by atomic mass is 35.5. The maximum absolute atomic E-state index is 14.2. The number of alkyl halides is 2. The Morgan fingerprint density at radius 3 is 2.80 bits per heavy atom. The van der Waals surface area contributed by atoms with Crippen LogP contribution in [0.3, 0.4) is 0 Å². The largest absolute Gasteiger partial charge is 0.331 e. The number of pyridine rings is 1. The van der Waals surface area contributed by atoms with Gasteiger partial charge in [0.15, 0.2) is 5.49 Å². The van der Waals surface area contributed by atoms with Crippen molar-refractivity contribution in [1.82, 2.24) is 14.5 Å². The van der Waals surface area contributed by atoms with E-state index in [1.165, 1.54) is 12.1 Å². The molecule has 1 aromatic carbocycles. The van der Waals surface area contributed by atoms with E-state index in [0.717, 1.165) is 11.6 Å². The molecule has 2 aromatic heterocycles. The van der Waals surface area contributed by atoms with Gasteiger partial charge in [-0.25, -0.2) is 23.1 Å². The summed E-state index contributed by atoms with van der Waals surface area (Å²) in [5.74, 6) is -0.263. The first-order valence-corrected chi connectivity index (χ1v) is 7.81. The third-order valence-corrected chi connectivity index (χ3v) is 4.15. The van der Waals surface area contributed by atoms with Crippen LogP contribution in [-0.2, 0) is 13.6 Å². The molecule has 0 unspecified atom stereocenters. The topological polar surface area (TPSA) is 43.1 Å². The number of aryl methyl sites for hydroxylation is 2. The summed E-state index contributed by atoms with van der Waals surface area (Å²) in [4.78, 5) is 12.7. The monoisotopic (exact) mass is 366 g/mol. The summed E-state index contributed by atoms with van der Waals surface area (Å²) in [5, 5.41) is 0.930. The SMILES string of the molecule is Cc1n/c(=N\Cc2cccc(C(F)F)c2F)c2cc(Cl)ncc2n1C. The minimum Gasteiger partial charge on any atom is -0.331 e. The van der Waals surface area contributed by atoms with Crippen molar-refractivity contribution in [2.24, 2.45) is 12.0 Å². The van der Waals surface area contributed by atoms with Gasteiger partial charge in [0.2, 0.25) is 0 Å². The maximum atomic E-state index is 14.2. The van der Waals surface area contributed by atoms with Crippen LogP contribution in [0.4, 0.5) is 13.2 Å². The number of nitrogens with zero attached hydrogens (tertiary/aromatic N) is 4. The van der Waals surface area contributed by atoms with Crippen molar-refractivity contribution in [3.05, 3.63) is 63.9 Å². The van der Waals surface area contributed by atoms with E-state index in [1.54, 1.807) is 19.2 Å². The zero-order valence-corrected chi connectivity index (χ0v) is 14.2. The Hall–Kier alpha value is -2.41. The quantitative estimate of drug-likeness (QED) is 0.655. The molecule has 0 N–H and O–H groups in total. The Labute approximate surface area is 146 Å². The Morgan fingerprint density at radius 2 is 2.08 bits per heavy atom. The van der Waals surface area contributed by atoms with Gasteiger partial charge in [0, 0.05) is 18.0 Å². The molecule has 0 fully saturated rings. The fourth-order valence-corrected chi connectivity index (χ4v) is 2.66. The highest BCUT2D eigenvalue weighted by Gasteiger charge is 2.15. The van der Waals surface area contributed by atoms with Gasteiger partial charge in [0.25, 0.3) is 6.43 Å². The van der Waals surface area contributed by atoms with Crippen molar-refractivity contribution < 1.29 is 13.2 Å². The molecule has 0 saturated carbocycles. The first-order valence-electron chi connectivity index (χ1n) is 7.43. The van der Waals surface area contributed by atoms with Gasteiger partial charge in [-0.05, 0) is 13.0 Å². The zero-order chi connectivity index (χ0) is 18.1. The van der Waals surface area contributed by atoms with E-state index in [-0.39, 0.29) is 17.3 Å². The van der Waals surface area contributed by atoms with Crippen LogP contribution >= 0.6 is 11.6 Å². The van der Waals surface area contributed by atoms with Gasteiger partial charge in [-0.2, -0.15) is 0 Å². The highest BCUT2D eigenvalue weighted by Crippen LogP contribution is 2.24. The molecule has 0 saturated heterocycles. The summed E-state index contributed by atoms with van der Waals surface area (Å²) in [6.07, 6.45) is -1.27. The predicted molar refractivity (Wildman–Crippen MR) is 88.9 cm³/mol. The van der Waals surface area contributed by atoms with Crippen LogP contribution in [0.2, 0.25) is 5.15 Å². The molecule has 0 aliphatic rings. The first-order chi connectivity index (χ1) is 11.9. The molecule has 2 heterocycles. The third kappa shape index (κ3) is 3.37. The molecule has 0 spiro atoms. The standard InChI is InChI=1S/C17H14ClF3N4/c1-9-24-17(12-6-14(18)22-8-13(12)25(9)2)23-7-10-4-3-5-11(15(10)19)16(20)21/h3-6,8,16H,7H2,1-2H3/b23-17-. The van der Waals surface area contributed by atoms with E-state index in [2.05, 4.69) is 15.0 Å². The van der Waals surface area contributed by atoms with Crippen LogP contribution in [0.25, 0.3) is 10.9 Å². The summed E-state index contributed by atoms with van der Waals surface area (Å²) in [6, 6.07) is 5.50. The van der Waals surface area contributed by atoms with Crippen molar-refractivity contribution in [2.75, 3.05) is 0 Å². The van der Waals surface area contributed by atoms with Crippen molar-refractivity contribution in [3.63, 3.8) is 0 Å². The van der Waals surface area contributed by atoms with Gasteiger partial charge in [-0.15, -0.1) is 0 Å². The van der Waals surface area contributed by atoms with Gasteiger partial charge in [-0.1, -0.05) is 29.8 Å². The van der Waals surface area contributed by atoms with Crippen LogP contribution in [0.5, 0.6) is 0 Å².